The van der Waals surface area contributed by atoms with E-state index in [0.717, 1.165) is 0 Å². The maximum atomic E-state index is 11.8. The van der Waals surface area contributed by atoms with Crippen molar-refractivity contribution >= 4 is 23.7 Å². The summed E-state index contributed by atoms with van der Waals surface area (Å²) in [7, 11) is 1.51. The molecule has 3 N–H and O–H groups in total. The molecule has 0 fully saturated rings. The van der Waals surface area contributed by atoms with Crippen molar-refractivity contribution in [2.45, 2.75) is 12.8 Å². The van der Waals surface area contributed by atoms with Crippen LogP contribution in [0.2, 0.25) is 0 Å². The van der Waals surface area contributed by atoms with E-state index in [2.05, 4.69) is 15.8 Å². The van der Waals surface area contributed by atoms with Gasteiger partial charge in [-0.1, -0.05) is 18.2 Å². The Balaban J connectivity index is 1.78. The predicted octanol–water partition coefficient (Wildman–Crippen LogP) is 2.27. The number of anilines is 1. The van der Waals surface area contributed by atoms with Gasteiger partial charge in [-0.05, 0) is 30.3 Å². The number of carbonyl (C=O) groups is 2. The zero-order chi connectivity index (χ0) is 18.1. The summed E-state index contributed by atoms with van der Waals surface area (Å²) < 4.78 is 5.05. The molecule has 0 aliphatic rings. The standard InChI is InChI=1S/C18H19N3O4/c1-25-15-7-8-16(22)13(11-15)12-19-21-18(24)10-9-17(23)20-14-5-3-2-4-6-14/h2-8,11-12,22H,9-10H2,1H3,(H,20,23)(H,21,24). The first-order valence-corrected chi connectivity index (χ1v) is 7.62. The van der Waals surface area contributed by atoms with Gasteiger partial charge in [0.25, 0.3) is 0 Å². The number of hydrazone groups is 1. The normalized spacial score (nSPS) is 10.4. The van der Waals surface area contributed by atoms with Gasteiger partial charge in [-0.3, -0.25) is 9.59 Å². The average molecular weight is 341 g/mol. The Morgan fingerprint density at radius 3 is 2.56 bits per heavy atom. The molecule has 0 radical (unpaired) electrons. The van der Waals surface area contributed by atoms with Crippen LogP contribution in [0.1, 0.15) is 18.4 Å². The molecule has 2 amide bonds. The summed E-state index contributed by atoms with van der Waals surface area (Å²) >= 11 is 0. The molecule has 0 saturated carbocycles. The molecule has 2 aromatic rings. The summed E-state index contributed by atoms with van der Waals surface area (Å²) in [6.07, 6.45) is 1.35. The molecule has 0 saturated heterocycles. The molecular formula is C18H19N3O4. The fraction of sp³-hybridized carbons (Fsp3) is 0.167. The Kier molecular flexibility index (Phi) is 6.53. The van der Waals surface area contributed by atoms with E-state index < -0.39 is 5.91 Å². The Hall–Kier alpha value is -3.35. The first-order chi connectivity index (χ1) is 12.1. The van der Waals surface area contributed by atoms with Crippen molar-refractivity contribution in [2.24, 2.45) is 5.10 Å². The van der Waals surface area contributed by atoms with Gasteiger partial charge in [0.15, 0.2) is 0 Å². The van der Waals surface area contributed by atoms with E-state index in [9.17, 15) is 14.7 Å². The Morgan fingerprint density at radius 1 is 1.12 bits per heavy atom. The molecule has 25 heavy (non-hydrogen) atoms. The number of aromatic hydroxyl groups is 1. The topological polar surface area (TPSA) is 100 Å². The number of hydrogen-bond acceptors (Lipinski definition) is 5. The van der Waals surface area contributed by atoms with Crippen molar-refractivity contribution in [3.63, 3.8) is 0 Å². The number of nitrogens with one attached hydrogen (secondary N) is 2. The van der Waals surface area contributed by atoms with Crippen LogP contribution in [0.5, 0.6) is 11.5 Å². The number of benzene rings is 2. The number of amides is 2. The highest BCUT2D eigenvalue weighted by Crippen LogP contribution is 2.20. The van der Waals surface area contributed by atoms with E-state index >= 15 is 0 Å². The zero-order valence-corrected chi connectivity index (χ0v) is 13.7. The van der Waals surface area contributed by atoms with E-state index in [-0.39, 0.29) is 24.5 Å². The van der Waals surface area contributed by atoms with Crippen molar-refractivity contribution in [1.82, 2.24) is 5.43 Å². The fourth-order valence-corrected chi connectivity index (χ4v) is 1.96. The van der Waals surface area contributed by atoms with E-state index in [1.807, 2.05) is 18.2 Å². The van der Waals surface area contributed by atoms with Crippen molar-refractivity contribution in [3.8, 4) is 11.5 Å². The van der Waals surface area contributed by atoms with Crippen LogP contribution < -0.4 is 15.5 Å². The van der Waals surface area contributed by atoms with Gasteiger partial charge in [0.05, 0.1) is 13.3 Å². The minimum Gasteiger partial charge on any atom is -0.507 e. The molecule has 2 rings (SSSR count). The highest BCUT2D eigenvalue weighted by Gasteiger charge is 2.07. The van der Waals surface area contributed by atoms with Crippen LogP contribution in [0, 0.1) is 0 Å². The summed E-state index contributed by atoms with van der Waals surface area (Å²) in [4.78, 5) is 23.5. The number of ether oxygens (including phenoxy) is 1. The van der Waals surface area contributed by atoms with Gasteiger partial charge in [0, 0.05) is 24.1 Å². The second-order valence-corrected chi connectivity index (χ2v) is 5.13. The van der Waals surface area contributed by atoms with Crippen LogP contribution in [-0.4, -0.2) is 30.2 Å². The lowest BCUT2D eigenvalue weighted by molar-refractivity contribution is -0.124. The molecule has 0 aliphatic heterocycles. The number of nitrogens with zero attached hydrogens (tertiary/aromatic N) is 1. The van der Waals surface area contributed by atoms with Crippen molar-refractivity contribution in [2.75, 3.05) is 12.4 Å². The van der Waals surface area contributed by atoms with Crippen LogP contribution in [0.3, 0.4) is 0 Å². The van der Waals surface area contributed by atoms with Crippen LogP contribution in [-0.2, 0) is 9.59 Å². The van der Waals surface area contributed by atoms with Crippen molar-refractivity contribution in [1.29, 1.82) is 0 Å². The quantitative estimate of drug-likeness (QED) is 0.531. The molecule has 0 aromatic heterocycles. The summed E-state index contributed by atoms with van der Waals surface area (Å²) in [5.41, 5.74) is 3.40. The molecular weight excluding hydrogens is 322 g/mol. The number of para-hydroxylation sites is 1. The summed E-state index contributed by atoms with van der Waals surface area (Å²) in [5, 5.41) is 16.2. The lowest BCUT2D eigenvalue weighted by Gasteiger charge is -2.04. The zero-order valence-electron chi connectivity index (χ0n) is 13.7. The number of phenolic OH excluding ortho intramolecular Hbond substituents is 1. The molecule has 7 nitrogen and oxygen atoms in total. The third-order valence-electron chi connectivity index (χ3n) is 3.26. The molecule has 7 heteroatoms. The van der Waals surface area contributed by atoms with Crippen molar-refractivity contribution < 1.29 is 19.4 Å². The highest BCUT2D eigenvalue weighted by molar-refractivity contribution is 5.93. The number of hydrogen-bond donors (Lipinski definition) is 3. The molecule has 2 aromatic carbocycles. The van der Waals surface area contributed by atoms with Gasteiger partial charge in [-0.15, -0.1) is 0 Å². The molecule has 130 valence electrons. The van der Waals surface area contributed by atoms with Crippen LogP contribution in [0.25, 0.3) is 0 Å². The smallest absolute Gasteiger partial charge is 0.240 e. The predicted molar refractivity (Wildman–Crippen MR) is 94.7 cm³/mol. The first-order valence-electron chi connectivity index (χ1n) is 7.62. The van der Waals surface area contributed by atoms with Crippen LogP contribution >= 0.6 is 0 Å². The Morgan fingerprint density at radius 2 is 1.84 bits per heavy atom. The van der Waals surface area contributed by atoms with E-state index in [0.29, 0.717) is 17.0 Å². The fourth-order valence-electron chi connectivity index (χ4n) is 1.96. The number of carbonyl (C=O) groups excluding carboxylic acids is 2. The van der Waals surface area contributed by atoms with E-state index in [1.54, 1.807) is 24.3 Å². The molecule has 0 aliphatic carbocycles. The van der Waals surface area contributed by atoms with Gasteiger partial charge in [-0.2, -0.15) is 5.10 Å². The molecule has 0 spiro atoms. The molecule has 0 bridgehead atoms. The maximum absolute atomic E-state index is 11.8. The largest absolute Gasteiger partial charge is 0.507 e. The van der Waals surface area contributed by atoms with Gasteiger partial charge in [0.1, 0.15) is 11.5 Å². The lowest BCUT2D eigenvalue weighted by atomic mass is 10.2. The maximum Gasteiger partial charge on any atom is 0.240 e. The molecule has 0 atom stereocenters. The minimum atomic E-state index is -0.401. The molecule has 0 unspecified atom stereocenters. The highest BCUT2D eigenvalue weighted by atomic mass is 16.5. The minimum absolute atomic E-state index is 0.0000990. The van der Waals surface area contributed by atoms with Gasteiger partial charge >= 0.3 is 0 Å². The van der Waals surface area contributed by atoms with Crippen LogP contribution in [0.4, 0.5) is 5.69 Å². The monoisotopic (exact) mass is 341 g/mol. The number of phenols is 1. The average Bonchev–Trinajstić information content (AvgIpc) is 2.62. The first kappa shape index (κ1) is 18.0. The number of methoxy groups -OCH3 is 1. The van der Waals surface area contributed by atoms with Crippen molar-refractivity contribution in [3.05, 3.63) is 54.1 Å². The third kappa shape index (κ3) is 5.98. The SMILES string of the molecule is COc1ccc(O)c(C=NNC(=O)CCC(=O)Nc2ccccc2)c1. The van der Waals surface area contributed by atoms with E-state index in [4.69, 9.17) is 4.74 Å². The van der Waals surface area contributed by atoms with Gasteiger partial charge in [-0.25, -0.2) is 5.43 Å². The van der Waals surface area contributed by atoms with Gasteiger partial charge in [0.2, 0.25) is 11.8 Å². The second kappa shape index (κ2) is 9.07. The summed E-state index contributed by atoms with van der Waals surface area (Å²) in [6.45, 7) is 0. The van der Waals surface area contributed by atoms with E-state index in [1.165, 1.54) is 19.4 Å². The third-order valence-corrected chi connectivity index (χ3v) is 3.26. The number of rotatable bonds is 7. The Labute approximate surface area is 145 Å². The summed E-state index contributed by atoms with van der Waals surface area (Å²) in [5.74, 6) is -0.0817. The van der Waals surface area contributed by atoms with Gasteiger partial charge < -0.3 is 15.2 Å². The second-order valence-electron chi connectivity index (χ2n) is 5.13. The molecule has 0 heterocycles. The van der Waals surface area contributed by atoms with Crippen LogP contribution in [0.15, 0.2) is 53.6 Å². The lowest BCUT2D eigenvalue weighted by Crippen LogP contribution is -2.20. The Bertz CT molecular complexity index is 760. The summed E-state index contributed by atoms with van der Waals surface area (Å²) in [6, 6.07) is 13.7.